The number of hydrogen-bond donors (Lipinski definition) is 1. The summed E-state index contributed by atoms with van der Waals surface area (Å²) >= 11 is 0. The van der Waals surface area contributed by atoms with Crippen molar-refractivity contribution in [1.29, 1.82) is 0 Å². The molecule has 126 valence electrons. The van der Waals surface area contributed by atoms with Crippen molar-refractivity contribution in [3.05, 3.63) is 65.7 Å². The molecule has 0 aliphatic heterocycles. The van der Waals surface area contributed by atoms with Gasteiger partial charge in [0, 0.05) is 7.11 Å². The summed E-state index contributed by atoms with van der Waals surface area (Å²) in [6.45, 7) is 2.76. The fourth-order valence-corrected chi connectivity index (χ4v) is 2.12. The third kappa shape index (κ3) is 5.21. The van der Waals surface area contributed by atoms with E-state index in [4.69, 9.17) is 9.47 Å². The van der Waals surface area contributed by atoms with Crippen LogP contribution in [-0.2, 0) is 9.53 Å². The van der Waals surface area contributed by atoms with E-state index in [0.29, 0.717) is 6.61 Å². The summed E-state index contributed by atoms with van der Waals surface area (Å²) < 4.78 is 10.8. The number of ether oxygens (including phenoxy) is 2. The largest absolute Gasteiger partial charge is 0.494 e. The number of methoxy groups -OCH3 is 1. The molecule has 0 aliphatic rings. The third-order valence-corrected chi connectivity index (χ3v) is 3.32. The minimum atomic E-state index is -0.687. The minimum Gasteiger partial charge on any atom is -0.494 e. The van der Waals surface area contributed by atoms with E-state index in [1.807, 2.05) is 54.6 Å². The topological polar surface area (TPSA) is 59.9 Å². The third-order valence-electron chi connectivity index (χ3n) is 3.32. The molecule has 0 aromatic heterocycles. The summed E-state index contributed by atoms with van der Waals surface area (Å²) in [7, 11) is 1.50. The zero-order valence-electron chi connectivity index (χ0n) is 13.9. The number of carbonyl (C=O) groups excluding carboxylic acids is 1. The Kier molecular flexibility index (Phi) is 6.98. The lowest BCUT2D eigenvalue weighted by Crippen LogP contribution is -2.26. The van der Waals surface area contributed by atoms with E-state index >= 15 is 0 Å². The molecular formula is C19H22N2O3. The van der Waals surface area contributed by atoms with Crippen molar-refractivity contribution in [3.63, 3.8) is 0 Å². The van der Waals surface area contributed by atoms with Gasteiger partial charge < -0.3 is 9.47 Å². The van der Waals surface area contributed by atoms with Crippen molar-refractivity contribution < 1.29 is 14.3 Å². The standard InChI is InChI=1S/C19H22N2O3/c1-3-13-24-17-11-9-15(10-12-17)14-20-21-19(22)18(23-2)16-7-5-4-6-8-16/h4-12,14,18H,3,13H2,1-2H3,(H,21,22)/t18-/m0/s1. The maximum Gasteiger partial charge on any atom is 0.273 e. The first-order valence-corrected chi connectivity index (χ1v) is 7.88. The van der Waals surface area contributed by atoms with Crippen molar-refractivity contribution in [2.75, 3.05) is 13.7 Å². The van der Waals surface area contributed by atoms with Gasteiger partial charge in [0.05, 0.1) is 12.8 Å². The van der Waals surface area contributed by atoms with Gasteiger partial charge in [-0.15, -0.1) is 0 Å². The van der Waals surface area contributed by atoms with Crippen LogP contribution in [0.1, 0.15) is 30.6 Å². The Bertz CT molecular complexity index is 654. The van der Waals surface area contributed by atoms with Crippen LogP contribution in [0.5, 0.6) is 5.75 Å². The molecule has 0 aliphatic carbocycles. The van der Waals surface area contributed by atoms with Gasteiger partial charge >= 0.3 is 0 Å². The van der Waals surface area contributed by atoms with Crippen LogP contribution in [0.2, 0.25) is 0 Å². The predicted molar refractivity (Wildman–Crippen MR) is 94.2 cm³/mol. The van der Waals surface area contributed by atoms with Gasteiger partial charge in [0.1, 0.15) is 5.75 Å². The second kappa shape index (κ2) is 9.47. The molecule has 2 aromatic rings. The molecule has 1 N–H and O–H groups in total. The highest BCUT2D eigenvalue weighted by Gasteiger charge is 2.18. The van der Waals surface area contributed by atoms with Gasteiger partial charge in [0.2, 0.25) is 0 Å². The van der Waals surface area contributed by atoms with E-state index in [2.05, 4.69) is 17.5 Å². The van der Waals surface area contributed by atoms with Crippen molar-refractivity contribution >= 4 is 12.1 Å². The Morgan fingerprint density at radius 3 is 2.50 bits per heavy atom. The van der Waals surface area contributed by atoms with Gasteiger partial charge in [0.25, 0.3) is 5.91 Å². The molecule has 0 spiro atoms. The summed E-state index contributed by atoms with van der Waals surface area (Å²) in [5, 5.41) is 3.98. The highest BCUT2D eigenvalue weighted by Crippen LogP contribution is 2.16. The van der Waals surface area contributed by atoms with Gasteiger partial charge in [-0.05, 0) is 41.8 Å². The molecule has 24 heavy (non-hydrogen) atoms. The van der Waals surface area contributed by atoms with Crippen molar-refractivity contribution in [2.24, 2.45) is 5.10 Å². The number of nitrogens with one attached hydrogen (secondary N) is 1. The van der Waals surface area contributed by atoms with Crippen LogP contribution in [0.25, 0.3) is 0 Å². The second-order valence-corrected chi connectivity index (χ2v) is 5.18. The van der Waals surface area contributed by atoms with Crippen LogP contribution in [0.15, 0.2) is 59.7 Å². The maximum atomic E-state index is 12.2. The number of hydrogen-bond acceptors (Lipinski definition) is 4. The van der Waals surface area contributed by atoms with Crippen molar-refractivity contribution in [3.8, 4) is 5.75 Å². The van der Waals surface area contributed by atoms with Gasteiger partial charge in [0.15, 0.2) is 6.10 Å². The highest BCUT2D eigenvalue weighted by molar-refractivity contribution is 5.85. The van der Waals surface area contributed by atoms with Crippen LogP contribution < -0.4 is 10.2 Å². The summed E-state index contributed by atoms with van der Waals surface area (Å²) in [4.78, 5) is 12.2. The predicted octanol–water partition coefficient (Wildman–Crippen LogP) is 3.31. The summed E-state index contributed by atoms with van der Waals surface area (Å²) in [5.41, 5.74) is 4.15. The molecule has 0 saturated carbocycles. The lowest BCUT2D eigenvalue weighted by atomic mass is 10.1. The monoisotopic (exact) mass is 326 g/mol. The number of hydrazone groups is 1. The number of benzene rings is 2. The Morgan fingerprint density at radius 1 is 1.17 bits per heavy atom. The Balaban J connectivity index is 1.91. The van der Waals surface area contributed by atoms with E-state index in [0.717, 1.165) is 23.3 Å². The quantitative estimate of drug-likeness (QED) is 0.598. The molecule has 5 nitrogen and oxygen atoms in total. The SMILES string of the molecule is CCCOc1ccc(C=NNC(=O)[C@@H](OC)c2ccccc2)cc1. The van der Waals surface area contributed by atoms with Crippen LogP contribution in [-0.4, -0.2) is 25.8 Å². The van der Waals surface area contributed by atoms with Crippen molar-refractivity contribution in [1.82, 2.24) is 5.43 Å². The summed E-state index contributed by atoms with van der Waals surface area (Å²) in [6, 6.07) is 16.8. The fraction of sp³-hybridized carbons (Fsp3) is 0.263. The van der Waals surface area contributed by atoms with Gasteiger partial charge in [-0.3, -0.25) is 4.79 Å². The molecule has 2 rings (SSSR count). The van der Waals surface area contributed by atoms with Crippen LogP contribution >= 0.6 is 0 Å². The van der Waals surface area contributed by atoms with Gasteiger partial charge in [-0.1, -0.05) is 37.3 Å². The molecule has 5 heteroatoms. The molecule has 1 atom stereocenters. The van der Waals surface area contributed by atoms with E-state index in [-0.39, 0.29) is 5.91 Å². The molecule has 0 fully saturated rings. The molecule has 2 aromatic carbocycles. The number of rotatable bonds is 8. The zero-order valence-corrected chi connectivity index (χ0v) is 13.9. The Labute approximate surface area is 142 Å². The normalized spacial score (nSPS) is 12.1. The smallest absolute Gasteiger partial charge is 0.273 e. The van der Waals surface area contributed by atoms with Gasteiger partial charge in [-0.25, -0.2) is 5.43 Å². The summed E-state index contributed by atoms with van der Waals surface area (Å²) in [5.74, 6) is 0.504. The minimum absolute atomic E-state index is 0.317. The van der Waals surface area contributed by atoms with Gasteiger partial charge in [-0.2, -0.15) is 5.10 Å². The Morgan fingerprint density at radius 2 is 1.88 bits per heavy atom. The molecule has 0 radical (unpaired) electrons. The first-order chi connectivity index (χ1) is 11.7. The first-order valence-electron chi connectivity index (χ1n) is 7.88. The van der Waals surface area contributed by atoms with E-state index in [1.165, 1.54) is 7.11 Å². The molecule has 0 heterocycles. The number of carbonyl (C=O) groups is 1. The average Bonchev–Trinajstić information content (AvgIpc) is 2.62. The summed E-state index contributed by atoms with van der Waals surface area (Å²) in [6.07, 6.45) is 1.87. The zero-order chi connectivity index (χ0) is 17.2. The highest BCUT2D eigenvalue weighted by atomic mass is 16.5. The second-order valence-electron chi connectivity index (χ2n) is 5.18. The van der Waals surface area contributed by atoms with Crippen molar-refractivity contribution in [2.45, 2.75) is 19.4 Å². The number of amides is 1. The lowest BCUT2D eigenvalue weighted by molar-refractivity contribution is -0.131. The fourth-order valence-electron chi connectivity index (χ4n) is 2.12. The average molecular weight is 326 g/mol. The Hall–Kier alpha value is -2.66. The molecule has 1 amide bonds. The van der Waals surface area contributed by atoms with E-state index in [9.17, 15) is 4.79 Å². The molecular weight excluding hydrogens is 304 g/mol. The molecule has 0 bridgehead atoms. The van der Waals surface area contributed by atoms with E-state index < -0.39 is 6.10 Å². The number of nitrogens with zero attached hydrogens (tertiary/aromatic N) is 1. The first kappa shape index (κ1) is 17.7. The molecule has 0 unspecified atom stereocenters. The van der Waals surface area contributed by atoms with Crippen LogP contribution in [0.3, 0.4) is 0 Å². The lowest BCUT2D eigenvalue weighted by Gasteiger charge is -2.13. The van der Waals surface area contributed by atoms with Crippen LogP contribution in [0.4, 0.5) is 0 Å². The van der Waals surface area contributed by atoms with E-state index in [1.54, 1.807) is 6.21 Å². The van der Waals surface area contributed by atoms with Crippen LogP contribution in [0, 0.1) is 0 Å². The maximum absolute atomic E-state index is 12.2. The molecule has 0 saturated heterocycles.